The number of pyridine rings is 1. The van der Waals surface area contributed by atoms with E-state index in [1.165, 1.54) is 0 Å². The van der Waals surface area contributed by atoms with E-state index in [1.807, 2.05) is 31.1 Å². The van der Waals surface area contributed by atoms with E-state index < -0.39 is 0 Å². The SMILES string of the molecule is CN(C)[C@H](CNC(=O)Nc1cccc(Cl)c1)c1cccnc1. The van der Waals surface area contributed by atoms with Gasteiger partial charge in [0.05, 0.1) is 6.04 Å². The third-order valence-corrected chi connectivity index (χ3v) is 3.47. The Bertz CT molecular complexity index is 619. The Hall–Kier alpha value is -2.11. The fraction of sp³-hybridized carbons (Fsp3) is 0.250. The van der Waals surface area contributed by atoms with Gasteiger partial charge in [-0.2, -0.15) is 0 Å². The average molecular weight is 319 g/mol. The van der Waals surface area contributed by atoms with Crippen molar-refractivity contribution in [3.8, 4) is 0 Å². The van der Waals surface area contributed by atoms with Crippen LogP contribution in [0.5, 0.6) is 0 Å². The van der Waals surface area contributed by atoms with Crippen LogP contribution in [0.25, 0.3) is 0 Å². The van der Waals surface area contributed by atoms with E-state index in [1.54, 1.807) is 36.7 Å². The van der Waals surface area contributed by atoms with Crippen LogP contribution in [0.1, 0.15) is 11.6 Å². The van der Waals surface area contributed by atoms with Crippen molar-refractivity contribution in [2.24, 2.45) is 0 Å². The number of likely N-dealkylation sites (N-methyl/N-ethyl adjacent to an activating group) is 1. The summed E-state index contributed by atoms with van der Waals surface area (Å²) in [6, 6.07) is 10.7. The van der Waals surface area contributed by atoms with Gasteiger partial charge in [-0.25, -0.2) is 4.79 Å². The maximum Gasteiger partial charge on any atom is 0.319 e. The molecule has 22 heavy (non-hydrogen) atoms. The highest BCUT2D eigenvalue weighted by atomic mass is 35.5. The van der Waals surface area contributed by atoms with Gasteiger partial charge in [0.2, 0.25) is 0 Å². The summed E-state index contributed by atoms with van der Waals surface area (Å²) < 4.78 is 0. The van der Waals surface area contributed by atoms with E-state index >= 15 is 0 Å². The largest absolute Gasteiger partial charge is 0.336 e. The number of carbonyl (C=O) groups excluding carboxylic acids is 1. The van der Waals surface area contributed by atoms with Crippen LogP contribution in [0, 0.1) is 0 Å². The van der Waals surface area contributed by atoms with Crippen molar-refractivity contribution in [3.63, 3.8) is 0 Å². The van der Waals surface area contributed by atoms with Crippen molar-refractivity contribution in [1.82, 2.24) is 15.2 Å². The van der Waals surface area contributed by atoms with Crippen LogP contribution in [0.3, 0.4) is 0 Å². The van der Waals surface area contributed by atoms with Crippen molar-refractivity contribution in [2.45, 2.75) is 6.04 Å². The van der Waals surface area contributed by atoms with E-state index in [0.717, 1.165) is 5.56 Å². The van der Waals surface area contributed by atoms with E-state index in [0.29, 0.717) is 17.3 Å². The Morgan fingerprint density at radius 1 is 1.32 bits per heavy atom. The highest BCUT2D eigenvalue weighted by molar-refractivity contribution is 6.30. The molecule has 2 amide bonds. The molecule has 1 aromatic carbocycles. The van der Waals surface area contributed by atoms with Crippen LogP contribution in [0.15, 0.2) is 48.8 Å². The first kappa shape index (κ1) is 16.3. The summed E-state index contributed by atoms with van der Waals surface area (Å²) in [4.78, 5) is 18.1. The molecule has 0 bridgehead atoms. The third kappa shape index (κ3) is 4.72. The van der Waals surface area contributed by atoms with Gasteiger partial charge in [-0.15, -0.1) is 0 Å². The maximum absolute atomic E-state index is 12.0. The number of hydrogen-bond donors (Lipinski definition) is 2. The molecule has 0 aliphatic heterocycles. The molecule has 116 valence electrons. The fourth-order valence-corrected chi connectivity index (χ4v) is 2.29. The first-order valence-electron chi connectivity index (χ1n) is 6.93. The predicted molar refractivity (Wildman–Crippen MR) is 89.1 cm³/mol. The molecule has 1 atom stereocenters. The number of amides is 2. The molecule has 6 heteroatoms. The van der Waals surface area contributed by atoms with Crippen molar-refractivity contribution in [1.29, 1.82) is 0 Å². The zero-order valence-corrected chi connectivity index (χ0v) is 13.3. The number of benzene rings is 1. The highest BCUT2D eigenvalue weighted by Gasteiger charge is 2.15. The van der Waals surface area contributed by atoms with Crippen LogP contribution < -0.4 is 10.6 Å². The maximum atomic E-state index is 12.0. The summed E-state index contributed by atoms with van der Waals surface area (Å²) >= 11 is 5.89. The van der Waals surface area contributed by atoms with Gasteiger partial charge in [0.15, 0.2) is 0 Å². The van der Waals surface area contributed by atoms with Gasteiger partial charge < -0.3 is 15.5 Å². The Morgan fingerprint density at radius 3 is 2.77 bits per heavy atom. The second-order valence-electron chi connectivity index (χ2n) is 5.11. The minimum Gasteiger partial charge on any atom is -0.336 e. The standard InChI is InChI=1S/C16H19ClN4O/c1-21(2)15(12-5-4-8-18-10-12)11-19-16(22)20-14-7-3-6-13(17)9-14/h3-10,15H,11H2,1-2H3,(H2,19,20,22)/t15-/m1/s1. The lowest BCUT2D eigenvalue weighted by Gasteiger charge is -2.24. The van der Waals surface area contributed by atoms with E-state index in [4.69, 9.17) is 11.6 Å². The first-order chi connectivity index (χ1) is 10.6. The van der Waals surface area contributed by atoms with Gasteiger partial charge in [-0.1, -0.05) is 23.7 Å². The normalized spacial score (nSPS) is 12.0. The summed E-state index contributed by atoms with van der Waals surface area (Å²) in [6.45, 7) is 0.477. The Kier molecular flexibility index (Phi) is 5.75. The molecule has 0 aliphatic carbocycles. The molecule has 2 N–H and O–H groups in total. The predicted octanol–water partition coefficient (Wildman–Crippen LogP) is 3.16. The van der Waals surface area contributed by atoms with Crippen LogP contribution in [-0.2, 0) is 0 Å². The van der Waals surface area contributed by atoms with Crippen LogP contribution in [0.4, 0.5) is 10.5 Å². The fourth-order valence-electron chi connectivity index (χ4n) is 2.10. The molecular formula is C16H19ClN4O. The highest BCUT2D eigenvalue weighted by Crippen LogP contribution is 2.17. The van der Waals surface area contributed by atoms with E-state index in [-0.39, 0.29) is 12.1 Å². The number of hydrogen-bond acceptors (Lipinski definition) is 3. The van der Waals surface area contributed by atoms with E-state index in [9.17, 15) is 4.79 Å². The average Bonchev–Trinajstić information content (AvgIpc) is 2.48. The summed E-state index contributed by atoms with van der Waals surface area (Å²) in [5.41, 5.74) is 1.71. The topological polar surface area (TPSA) is 57.3 Å². The van der Waals surface area contributed by atoms with Gasteiger partial charge >= 0.3 is 6.03 Å². The molecule has 0 fully saturated rings. The number of halogens is 1. The minimum absolute atomic E-state index is 0.0545. The van der Waals surface area contributed by atoms with Crippen molar-refractivity contribution < 1.29 is 4.79 Å². The Balaban J connectivity index is 1.94. The molecule has 2 rings (SSSR count). The quantitative estimate of drug-likeness (QED) is 0.890. The smallest absolute Gasteiger partial charge is 0.319 e. The first-order valence-corrected chi connectivity index (χ1v) is 7.31. The summed E-state index contributed by atoms with van der Waals surface area (Å²) in [6.07, 6.45) is 3.54. The molecule has 0 aliphatic rings. The molecule has 5 nitrogen and oxygen atoms in total. The molecule has 0 saturated carbocycles. The lowest BCUT2D eigenvalue weighted by molar-refractivity contribution is 0.243. The molecule has 0 unspecified atom stereocenters. The summed E-state index contributed by atoms with van der Waals surface area (Å²) in [7, 11) is 3.93. The van der Waals surface area contributed by atoms with Gasteiger partial charge in [0, 0.05) is 29.6 Å². The zero-order chi connectivity index (χ0) is 15.9. The Morgan fingerprint density at radius 2 is 2.14 bits per heavy atom. The number of nitrogens with zero attached hydrogens (tertiary/aromatic N) is 2. The van der Waals surface area contributed by atoms with Gasteiger partial charge in [0.1, 0.15) is 0 Å². The number of urea groups is 1. The van der Waals surface area contributed by atoms with Crippen LogP contribution in [-0.4, -0.2) is 36.6 Å². The van der Waals surface area contributed by atoms with Gasteiger partial charge in [-0.3, -0.25) is 4.98 Å². The van der Waals surface area contributed by atoms with Crippen molar-refractivity contribution >= 4 is 23.3 Å². The number of aromatic nitrogens is 1. The lowest BCUT2D eigenvalue weighted by atomic mass is 10.1. The van der Waals surface area contributed by atoms with E-state index in [2.05, 4.69) is 15.6 Å². The monoisotopic (exact) mass is 318 g/mol. The Labute approximate surface area is 135 Å². The van der Waals surface area contributed by atoms with Crippen molar-refractivity contribution in [3.05, 3.63) is 59.4 Å². The number of anilines is 1. The third-order valence-electron chi connectivity index (χ3n) is 3.23. The number of carbonyl (C=O) groups is 1. The number of nitrogens with one attached hydrogen (secondary N) is 2. The molecule has 0 radical (unpaired) electrons. The molecule has 1 aromatic heterocycles. The molecule has 0 saturated heterocycles. The van der Waals surface area contributed by atoms with Gasteiger partial charge in [-0.05, 0) is 43.9 Å². The summed E-state index contributed by atoms with van der Waals surface area (Å²) in [5.74, 6) is 0. The van der Waals surface area contributed by atoms with Gasteiger partial charge in [0.25, 0.3) is 0 Å². The molecule has 0 spiro atoms. The summed E-state index contributed by atoms with van der Waals surface area (Å²) in [5, 5.41) is 6.21. The lowest BCUT2D eigenvalue weighted by Crippen LogP contribution is -2.36. The second kappa shape index (κ2) is 7.77. The molecule has 2 aromatic rings. The van der Waals surface area contributed by atoms with Crippen LogP contribution in [0.2, 0.25) is 5.02 Å². The number of rotatable bonds is 5. The molecule has 1 heterocycles. The second-order valence-corrected chi connectivity index (χ2v) is 5.55. The van der Waals surface area contributed by atoms with Crippen molar-refractivity contribution in [2.75, 3.05) is 26.0 Å². The zero-order valence-electron chi connectivity index (χ0n) is 12.6. The molecular weight excluding hydrogens is 300 g/mol. The minimum atomic E-state index is -0.266. The van der Waals surface area contributed by atoms with Crippen LogP contribution >= 0.6 is 11.6 Å².